The fourth-order valence-electron chi connectivity index (χ4n) is 3.37. The number of ether oxygens (including phenoxy) is 3. The first kappa shape index (κ1) is 21.1. The Bertz CT molecular complexity index is 863. The molecule has 2 heterocycles. The van der Waals surface area contributed by atoms with Gasteiger partial charge in [0.05, 0.1) is 24.0 Å². The first-order valence-corrected chi connectivity index (χ1v) is 10.2. The highest BCUT2D eigenvalue weighted by Crippen LogP contribution is 2.45. The maximum absolute atomic E-state index is 12.5. The summed E-state index contributed by atoms with van der Waals surface area (Å²) in [5.74, 6) is -3.03. The molecule has 28 heavy (non-hydrogen) atoms. The molecular formula is C18H23NO8S. The van der Waals surface area contributed by atoms with Crippen LogP contribution >= 0.6 is 0 Å². The second kappa shape index (κ2) is 7.35. The molecule has 0 aliphatic carbocycles. The van der Waals surface area contributed by atoms with Crippen molar-refractivity contribution < 1.29 is 37.0 Å². The smallest absolute Gasteiger partial charge is 0.297 e. The van der Waals surface area contributed by atoms with Crippen molar-refractivity contribution in [3.63, 3.8) is 0 Å². The SMILES string of the molecule is Cc1ccc(S(=O)(=O)O[C@@H]2CO[C@@]3([C@H](O)CC#N)OC(C)(C)O[C@H]3[C@@H]2O)cc1. The van der Waals surface area contributed by atoms with Crippen LogP contribution in [0.25, 0.3) is 0 Å². The number of benzene rings is 1. The van der Waals surface area contributed by atoms with Crippen molar-refractivity contribution in [3.8, 4) is 6.07 Å². The van der Waals surface area contributed by atoms with E-state index in [1.165, 1.54) is 12.1 Å². The van der Waals surface area contributed by atoms with Gasteiger partial charge < -0.3 is 24.4 Å². The van der Waals surface area contributed by atoms with Crippen molar-refractivity contribution in [2.45, 2.75) is 68.1 Å². The maximum Gasteiger partial charge on any atom is 0.297 e. The average Bonchev–Trinajstić information content (AvgIpc) is 2.91. The molecule has 0 radical (unpaired) electrons. The first-order valence-electron chi connectivity index (χ1n) is 8.76. The third kappa shape index (κ3) is 3.79. The molecule has 0 spiro atoms. The largest absolute Gasteiger partial charge is 0.387 e. The Morgan fingerprint density at radius 1 is 1.36 bits per heavy atom. The second-order valence-corrected chi connectivity index (χ2v) is 8.92. The van der Waals surface area contributed by atoms with Crippen LogP contribution in [0.4, 0.5) is 0 Å². The Hall–Kier alpha value is -1.58. The highest BCUT2D eigenvalue weighted by molar-refractivity contribution is 7.86. The number of hydrogen-bond donors (Lipinski definition) is 2. The van der Waals surface area contributed by atoms with Crippen LogP contribution in [0.1, 0.15) is 25.8 Å². The van der Waals surface area contributed by atoms with Gasteiger partial charge in [0.2, 0.25) is 5.79 Å². The summed E-state index contributed by atoms with van der Waals surface area (Å²) < 4.78 is 47.2. The Morgan fingerprint density at radius 2 is 2.00 bits per heavy atom. The first-order chi connectivity index (χ1) is 13.0. The minimum absolute atomic E-state index is 0.0597. The molecule has 0 saturated carbocycles. The van der Waals surface area contributed by atoms with Crippen LogP contribution in [-0.4, -0.2) is 61.2 Å². The number of aliphatic hydroxyl groups is 2. The molecule has 3 rings (SSSR count). The van der Waals surface area contributed by atoms with E-state index in [0.29, 0.717) is 0 Å². The van der Waals surface area contributed by atoms with Crippen molar-refractivity contribution in [2.75, 3.05) is 6.61 Å². The summed E-state index contributed by atoms with van der Waals surface area (Å²) in [6.07, 6.45) is -5.75. The van der Waals surface area contributed by atoms with E-state index in [0.717, 1.165) is 5.56 Å². The molecule has 0 amide bonds. The van der Waals surface area contributed by atoms with Crippen molar-refractivity contribution in [1.29, 1.82) is 5.26 Å². The fourth-order valence-corrected chi connectivity index (χ4v) is 4.45. The van der Waals surface area contributed by atoms with Crippen molar-refractivity contribution in [2.24, 2.45) is 0 Å². The molecular weight excluding hydrogens is 390 g/mol. The Balaban J connectivity index is 1.84. The van der Waals surface area contributed by atoms with Crippen LogP contribution in [0.3, 0.4) is 0 Å². The molecule has 0 bridgehead atoms. The van der Waals surface area contributed by atoms with Crippen LogP contribution < -0.4 is 0 Å². The van der Waals surface area contributed by atoms with Gasteiger partial charge in [0, 0.05) is 0 Å². The number of nitriles is 1. The summed E-state index contributed by atoms with van der Waals surface area (Å²) in [5, 5.41) is 30.0. The van der Waals surface area contributed by atoms with E-state index < -0.39 is 46.1 Å². The molecule has 0 aromatic heterocycles. The van der Waals surface area contributed by atoms with E-state index in [1.54, 1.807) is 26.0 Å². The van der Waals surface area contributed by atoms with E-state index in [4.69, 9.17) is 23.7 Å². The predicted octanol–water partition coefficient (Wildman–Crippen LogP) is 0.582. The molecule has 1 aromatic rings. The Morgan fingerprint density at radius 3 is 2.61 bits per heavy atom. The lowest BCUT2D eigenvalue weighted by atomic mass is 9.91. The molecule has 2 N–H and O–H groups in total. The van der Waals surface area contributed by atoms with Gasteiger partial charge in [-0.05, 0) is 32.9 Å². The Kier molecular flexibility index (Phi) is 5.55. The van der Waals surface area contributed by atoms with Crippen molar-refractivity contribution in [1.82, 2.24) is 0 Å². The molecule has 5 atom stereocenters. The second-order valence-electron chi connectivity index (χ2n) is 7.34. The molecule has 10 heteroatoms. The monoisotopic (exact) mass is 413 g/mol. The lowest BCUT2D eigenvalue weighted by molar-refractivity contribution is -0.323. The summed E-state index contributed by atoms with van der Waals surface area (Å²) in [4.78, 5) is -0.0597. The average molecular weight is 413 g/mol. The van der Waals surface area contributed by atoms with E-state index in [-0.39, 0.29) is 17.9 Å². The lowest BCUT2D eigenvalue weighted by Gasteiger charge is -2.43. The molecule has 2 aliphatic heterocycles. The number of hydrogen-bond acceptors (Lipinski definition) is 9. The van der Waals surface area contributed by atoms with Gasteiger partial charge in [-0.25, -0.2) is 0 Å². The van der Waals surface area contributed by atoms with Crippen LogP contribution in [0, 0.1) is 18.3 Å². The highest BCUT2D eigenvalue weighted by atomic mass is 32.2. The normalized spacial score (nSPS) is 33.1. The fraction of sp³-hybridized carbons (Fsp3) is 0.611. The summed E-state index contributed by atoms with van der Waals surface area (Å²) in [7, 11) is -4.17. The molecule has 154 valence electrons. The van der Waals surface area contributed by atoms with Gasteiger partial charge in [-0.2, -0.15) is 13.7 Å². The van der Waals surface area contributed by atoms with Crippen LogP contribution in [-0.2, 0) is 28.5 Å². The summed E-state index contributed by atoms with van der Waals surface area (Å²) >= 11 is 0. The van der Waals surface area contributed by atoms with Crippen LogP contribution in [0.15, 0.2) is 29.2 Å². The number of aryl methyl sites for hydroxylation is 1. The van der Waals surface area contributed by atoms with Gasteiger partial charge in [-0.15, -0.1) is 0 Å². The molecule has 2 saturated heterocycles. The highest BCUT2D eigenvalue weighted by Gasteiger charge is 2.65. The number of nitrogens with zero attached hydrogens (tertiary/aromatic N) is 1. The zero-order valence-electron chi connectivity index (χ0n) is 15.7. The zero-order chi connectivity index (χ0) is 20.7. The van der Waals surface area contributed by atoms with Crippen LogP contribution in [0.5, 0.6) is 0 Å². The Labute approximate surface area is 163 Å². The third-order valence-corrected chi connectivity index (χ3v) is 6.04. The summed E-state index contributed by atoms with van der Waals surface area (Å²) in [5.41, 5.74) is 0.884. The van der Waals surface area contributed by atoms with E-state index in [2.05, 4.69) is 0 Å². The number of rotatable bonds is 5. The summed E-state index contributed by atoms with van der Waals surface area (Å²) in [6, 6.07) is 7.88. The predicted molar refractivity (Wildman–Crippen MR) is 94.2 cm³/mol. The van der Waals surface area contributed by atoms with E-state index in [9.17, 15) is 18.6 Å². The van der Waals surface area contributed by atoms with Crippen molar-refractivity contribution in [3.05, 3.63) is 29.8 Å². The lowest BCUT2D eigenvalue weighted by Crippen LogP contribution is -2.64. The van der Waals surface area contributed by atoms with Gasteiger partial charge >= 0.3 is 0 Å². The van der Waals surface area contributed by atoms with Gasteiger partial charge in [0.1, 0.15) is 24.4 Å². The molecule has 2 fully saturated rings. The topological polar surface area (TPSA) is 135 Å². The zero-order valence-corrected chi connectivity index (χ0v) is 16.5. The van der Waals surface area contributed by atoms with E-state index in [1.807, 2.05) is 13.0 Å². The standard InChI is InChI=1S/C18H23NO8S/c1-11-4-6-12(7-5-11)28(22,23)26-13-10-24-18(14(20)8-9-19)16(15(13)21)25-17(2,3)27-18/h4-7,13-16,20-21H,8,10H2,1-3H3/t13-,14-,15-,16+,18+/m1/s1. The maximum atomic E-state index is 12.5. The van der Waals surface area contributed by atoms with Gasteiger partial charge in [0.15, 0.2) is 5.79 Å². The minimum Gasteiger partial charge on any atom is -0.387 e. The van der Waals surface area contributed by atoms with Crippen LogP contribution in [0.2, 0.25) is 0 Å². The molecule has 1 aromatic carbocycles. The number of aliphatic hydroxyl groups excluding tert-OH is 2. The minimum atomic E-state index is -4.17. The van der Waals surface area contributed by atoms with E-state index >= 15 is 0 Å². The van der Waals surface area contributed by atoms with Gasteiger partial charge in [-0.3, -0.25) is 4.18 Å². The quantitative estimate of drug-likeness (QED) is 0.665. The third-order valence-electron chi connectivity index (χ3n) is 4.69. The molecule has 9 nitrogen and oxygen atoms in total. The molecule has 0 unspecified atom stereocenters. The number of fused-ring (bicyclic) bond motifs is 1. The van der Waals surface area contributed by atoms with Crippen molar-refractivity contribution >= 4 is 10.1 Å². The van der Waals surface area contributed by atoms with Gasteiger partial charge in [0.25, 0.3) is 10.1 Å². The molecule has 2 aliphatic rings. The summed E-state index contributed by atoms with van der Waals surface area (Å²) in [6.45, 7) is 4.55. The van der Waals surface area contributed by atoms with Gasteiger partial charge in [-0.1, -0.05) is 17.7 Å².